The van der Waals surface area contributed by atoms with Gasteiger partial charge in [0.25, 0.3) is 0 Å². The summed E-state index contributed by atoms with van der Waals surface area (Å²) >= 11 is 0. The van der Waals surface area contributed by atoms with Gasteiger partial charge in [0.1, 0.15) is 0 Å². The molecule has 1 aliphatic carbocycles. The molecule has 1 saturated carbocycles. The summed E-state index contributed by atoms with van der Waals surface area (Å²) in [7, 11) is 0. The molecule has 0 unspecified atom stereocenters. The van der Waals surface area contributed by atoms with Gasteiger partial charge in [-0.1, -0.05) is 18.2 Å². The van der Waals surface area contributed by atoms with E-state index in [-0.39, 0.29) is 42.4 Å². The van der Waals surface area contributed by atoms with Crippen LogP contribution >= 0.6 is 12.4 Å². The highest BCUT2D eigenvalue weighted by Gasteiger charge is 2.39. The normalized spacial score (nSPS) is 18.3. The molecular weight excluding hydrogens is 317 g/mol. The van der Waals surface area contributed by atoms with Gasteiger partial charge in [0, 0.05) is 25.7 Å². The van der Waals surface area contributed by atoms with E-state index in [2.05, 4.69) is 5.32 Å². The number of benzene rings is 1. The number of rotatable bonds is 4. The van der Waals surface area contributed by atoms with Gasteiger partial charge in [0.2, 0.25) is 5.91 Å². The number of carbonyl (C=O) groups excluding carboxylic acids is 1. The smallest absolute Gasteiger partial charge is 0.335 e. The molecule has 1 N–H and O–H groups in total. The second-order valence-corrected chi connectivity index (χ2v) is 5.71. The summed E-state index contributed by atoms with van der Waals surface area (Å²) in [5.74, 6) is -0.100. The molecule has 1 amide bonds. The zero-order chi connectivity index (χ0) is 15.0. The molecule has 1 aliphatic heterocycles. The quantitative estimate of drug-likeness (QED) is 0.918. The largest absolute Gasteiger partial charge is 0.416 e. The van der Waals surface area contributed by atoms with Crippen molar-refractivity contribution in [2.75, 3.05) is 13.1 Å². The fourth-order valence-electron chi connectivity index (χ4n) is 2.59. The van der Waals surface area contributed by atoms with Crippen molar-refractivity contribution < 1.29 is 18.0 Å². The van der Waals surface area contributed by atoms with Crippen molar-refractivity contribution in [2.45, 2.75) is 31.6 Å². The van der Waals surface area contributed by atoms with E-state index in [0.29, 0.717) is 13.1 Å². The van der Waals surface area contributed by atoms with Crippen molar-refractivity contribution in [3.63, 3.8) is 0 Å². The van der Waals surface area contributed by atoms with Crippen molar-refractivity contribution in [1.29, 1.82) is 0 Å². The van der Waals surface area contributed by atoms with Crippen molar-refractivity contribution >= 4 is 18.3 Å². The van der Waals surface area contributed by atoms with Crippen LogP contribution in [0.2, 0.25) is 0 Å². The van der Waals surface area contributed by atoms with Crippen LogP contribution in [0.1, 0.15) is 24.0 Å². The molecule has 1 heterocycles. The maximum atomic E-state index is 13.0. The summed E-state index contributed by atoms with van der Waals surface area (Å²) in [6, 6.07) is 5.62. The monoisotopic (exact) mass is 334 g/mol. The minimum absolute atomic E-state index is 0. The second-order valence-electron chi connectivity index (χ2n) is 5.71. The zero-order valence-electron chi connectivity index (χ0n) is 11.9. The summed E-state index contributed by atoms with van der Waals surface area (Å²) < 4.78 is 39.1. The number of nitrogens with zero attached hydrogens (tertiary/aromatic N) is 1. The van der Waals surface area contributed by atoms with E-state index >= 15 is 0 Å². The van der Waals surface area contributed by atoms with E-state index < -0.39 is 11.7 Å². The van der Waals surface area contributed by atoms with Crippen LogP contribution in [0.15, 0.2) is 24.3 Å². The number of amides is 1. The van der Waals surface area contributed by atoms with Gasteiger partial charge in [-0.3, -0.25) is 4.79 Å². The molecule has 2 fully saturated rings. The van der Waals surface area contributed by atoms with Gasteiger partial charge in [-0.2, -0.15) is 13.2 Å². The summed E-state index contributed by atoms with van der Waals surface area (Å²) in [6.45, 7) is 1.31. The van der Waals surface area contributed by atoms with Gasteiger partial charge in [-0.25, -0.2) is 0 Å². The van der Waals surface area contributed by atoms with Crippen molar-refractivity contribution in [2.24, 2.45) is 5.92 Å². The number of hydrogen-bond donors (Lipinski definition) is 1. The lowest BCUT2D eigenvalue weighted by molar-refractivity contribution is -0.142. The molecule has 22 heavy (non-hydrogen) atoms. The second kappa shape index (κ2) is 6.46. The average Bonchev–Trinajstić information content (AvgIpc) is 3.17. The molecular formula is C15H18ClF3N2O. The standard InChI is InChI=1S/C15H17F3N2O.ClH/c16-15(17,18)13-4-2-1-3-10(13)9-20(12-5-6-12)14(21)11-7-19-8-11;/h1-4,11-12,19H,5-9H2;1H. The van der Waals surface area contributed by atoms with Gasteiger partial charge < -0.3 is 10.2 Å². The number of alkyl halides is 3. The van der Waals surface area contributed by atoms with E-state index in [9.17, 15) is 18.0 Å². The maximum Gasteiger partial charge on any atom is 0.416 e. The molecule has 7 heteroatoms. The Morgan fingerprint density at radius 2 is 1.86 bits per heavy atom. The minimum Gasteiger partial charge on any atom is -0.335 e. The van der Waals surface area contributed by atoms with Crippen LogP contribution in [0.3, 0.4) is 0 Å². The molecule has 0 bridgehead atoms. The first-order chi connectivity index (χ1) is 9.97. The molecule has 3 rings (SSSR count). The van der Waals surface area contributed by atoms with E-state index in [4.69, 9.17) is 0 Å². The highest BCUT2D eigenvalue weighted by molar-refractivity contribution is 5.85. The zero-order valence-corrected chi connectivity index (χ0v) is 12.7. The first kappa shape index (κ1) is 17.1. The molecule has 0 aromatic heterocycles. The van der Waals surface area contributed by atoms with Crippen molar-refractivity contribution in [3.05, 3.63) is 35.4 Å². The lowest BCUT2D eigenvalue weighted by Crippen LogP contribution is -2.52. The fourth-order valence-corrected chi connectivity index (χ4v) is 2.59. The molecule has 0 atom stereocenters. The molecule has 122 valence electrons. The van der Waals surface area contributed by atoms with Crippen LogP contribution in [0.5, 0.6) is 0 Å². The van der Waals surface area contributed by atoms with Crippen molar-refractivity contribution in [3.8, 4) is 0 Å². The van der Waals surface area contributed by atoms with Gasteiger partial charge in [-0.15, -0.1) is 12.4 Å². The number of halogens is 4. The predicted octanol–water partition coefficient (Wildman–Crippen LogP) is 2.84. The van der Waals surface area contributed by atoms with Crippen LogP contribution in [0.4, 0.5) is 13.2 Å². The van der Waals surface area contributed by atoms with E-state index in [1.165, 1.54) is 12.1 Å². The SMILES string of the molecule is Cl.O=C(C1CNC1)N(Cc1ccccc1C(F)(F)F)C1CC1. The summed E-state index contributed by atoms with van der Waals surface area (Å²) in [5, 5.41) is 3.03. The number of hydrogen-bond acceptors (Lipinski definition) is 2. The van der Waals surface area contributed by atoms with Gasteiger partial charge >= 0.3 is 6.18 Å². The average molecular weight is 335 g/mol. The van der Waals surface area contributed by atoms with Gasteiger partial charge in [-0.05, 0) is 24.5 Å². The summed E-state index contributed by atoms with van der Waals surface area (Å²) in [6.07, 6.45) is -2.60. The van der Waals surface area contributed by atoms with Crippen LogP contribution in [0, 0.1) is 5.92 Å². The summed E-state index contributed by atoms with van der Waals surface area (Å²) in [4.78, 5) is 14.0. The van der Waals surface area contributed by atoms with Gasteiger partial charge in [0.15, 0.2) is 0 Å². The Labute approximate surface area is 133 Å². The molecule has 2 aliphatic rings. The lowest BCUT2D eigenvalue weighted by Gasteiger charge is -2.33. The number of nitrogens with one attached hydrogen (secondary N) is 1. The molecule has 3 nitrogen and oxygen atoms in total. The molecule has 0 spiro atoms. The van der Waals surface area contributed by atoms with Crippen molar-refractivity contribution in [1.82, 2.24) is 10.2 Å². The Hall–Kier alpha value is -1.27. The van der Waals surface area contributed by atoms with Crippen LogP contribution in [0.25, 0.3) is 0 Å². The van der Waals surface area contributed by atoms with Crippen LogP contribution < -0.4 is 5.32 Å². The molecule has 1 aromatic rings. The molecule has 0 radical (unpaired) electrons. The topological polar surface area (TPSA) is 32.3 Å². The fraction of sp³-hybridized carbons (Fsp3) is 0.533. The predicted molar refractivity (Wildman–Crippen MR) is 78.6 cm³/mol. The summed E-state index contributed by atoms with van der Waals surface area (Å²) in [5.41, 5.74) is -0.465. The van der Waals surface area contributed by atoms with E-state index in [1.54, 1.807) is 11.0 Å². The maximum absolute atomic E-state index is 13.0. The lowest BCUT2D eigenvalue weighted by atomic mass is 10.0. The Morgan fingerprint density at radius 1 is 1.23 bits per heavy atom. The third-order valence-electron chi connectivity index (χ3n) is 4.06. The molecule has 1 saturated heterocycles. The Morgan fingerprint density at radius 3 is 2.36 bits per heavy atom. The van der Waals surface area contributed by atoms with E-state index in [1.807, 2.05) is 0 Å². The third kappa shape index (κ3) is 3.55. The highest BCUT2D eigenvalue weighted by Crippen LogP contribution is 2.35. The van der Waals surface area contributed by atoms with Crippen LogP contribution in [-0.4, -0.2) is 29.9 Å². The minimum atomic E-state index is -4.38. The first-order valence-corrected chi connectivity index (χ1v) is 7.13. The third-order valence-corrected chi connectivity index (χ3v) is 4.06. The van der Waals surface area contributed by atoms with Gasteiger partial charge in [0.05, 0.1) is 11.5 Å². The first-order valence-electron chi connectivity index (χ1n) is 7.13. The Bertz CT molecular complexity index is 542. The molecule has 1 aromatic carbocycles. The van der Waals surface area contributed by atoms with E-state index in [0.717, 1.165) is 18.9 Å². The Kier molecular flexibility index (Phi) is 5.02. The Balaban J connectivity index is 0.00000176. The van der Waals surface area contributed by atoms with Crippen LogP contribution in [-0.2, 0) is 17.5 Å². The highest BCUT2D eigenvalue weighted by atomic mass is 35.5. The number of carbonyl (C=O) groups is 1.